The lowest BCUT2D eigenvalue weighted by Crippen LogP contribution is -2.40. The second-order valence-corrected chi connectivity index (χ2v) is 7.53. The van der Waals surface area contributed by atoms with E-state index in [1.165, 1.54) is 24.7 Å². The van der Waals surface area contributed by atoms with E-state index in [1.54, 1.807) is 12.1 Å². The predicted octanol–water partition coefficient (Wildman–Crippen LogP) is 2.53. The molecule has 1 saturated heterocycles. The van der Waals surface area contributed by atoms with Gasteiger partial charge in [0.2, 0.25) is 11.8 Å². The SMILES string of the molecule is CCN1CCCC1CNC(=O)CCc1nnc(-c2ccc(C(C)=O)s2)o1. The minimum absolute atomic E-state index is 0.00249. The summed E-state index contributed by atoms with van der Waals surface area (Å²) in [6, 6.07) is 4.00. The molecule has 1 aliphatic heterocycles. The summed E-state index contributed by atoms with van der Waals surface area (Å²) in [6.45, 7) is 6.53. The summed E-state index contributed by atoms with van der Waals surface area (Å²) in [5, 5.41) is 11.0. The fraction of sp³-hybridized carbons (Fsp3) is 0.556. The Morgan fingerprint density at radius 1 is 1.38 bits per heavy atom. The molecule has 1 N–H and O–H groups in total. The Hall–Kier alpha value is -2.06. The Morgan fingerprint density at radius 2 is 2.23 bits per heavy atom. The fourth-order valence-electron chi connectivity index (χ4n) is 3.18. The summed E-state index contributed by atoms with van der Waals surface area (Å²) in [7, 11) is 0. The maximum Gasteiger partial charge on any atom is 0.257 e. The van der Waals surface area contributed by atoms with E-state index in [-0.39, 0.29) is 11.7 Å². The number of carbonyl (C=O) groups is 2. The van der Waals surface area contributed by atoms with Crippen molar-refractivity contribution < 1.29 is 14.0 Å². The predicted molar refractivity (Wildman–Crippen MR) is 99.2 cm³/mol. The van der Waals surface area contributed by atoms with E-state index in [9.17, 15) is 9.59 Å². The highest BCUT2D eigenvalue weighted by Gasteiger charge is 2.23. The number of aromatic nitrogens is 2. The maximum absolute atomic E-state index is 12.1. The van der Waals surface area contributed by atoms with Gasteiger partial charge in [-0.15, -0.1) is 21.5 Å². The zero-order valence-electron chi connectivity index (χ0n) is 15.2. The Balaban J connectivity index is 1.46. The van der Waals surface area contributed by atoms with Crippen molar-refractivity contribution in [3.63, 3.8) is 0 Å². The molecule has 7 nitrogen and oxygen atoms in total. The van der Waals surface area contributed by atoms with Crippen LogP contribution in [0.1, 0.15) is 48.7 Å². The van der Waals surface area contributed by atoms with Crippen LogP contribution in [0.2, 0.25) is 0 Å². The first kappa shape index (κ1) is 18.7. The van der Waals surface area contributed by atoms with Crippen molar-refractivity contribution in [2.45, 2.75) is 45.6 Å². The summed E-state index contributed by atoms with van der Waals surface area (Å²) in [4.78, 5) is 27.3. The number of hydrogen-bond donors (Lipinski definition) is 1. The van der Waals surface area contributed by atoms with Crippen molar-refractivity contribution in [1.29, 1.82) is 0 Å². The molecule has 3 rings (SSSR count). The quantitative estimate of drug-likeness (QED) is 0.712. The van der Waals surface area contributed by atoms with Gasteiger partial charge in [-0.05, 0) is 45.0 Å². The van der Waals surface area contributed by atoms with Gasteiger partial charge in [-0.25, -0.2) is 0 Å². The van der Waals surface area contributed by atoms with Crippen molar-refractivity contribution in [1.82, 2.24) is 20.4 Å². The van der Waals surface area contributed by atoms with Crippen molar-refractivity contribution >= 4 is 23.0 Å². The number of rotatable bonds is 8. The van der Waals surface area contributed by atoms with Crippen molar-refractivity contribution in [3.05, 3.63) is 22.9 Å². The number of aryl methyl sites for hydroxylation is 1. The van der Waals surface area contributed by atoms with E-state index < -0.39 is 0 Å². The third kappa shape index (κ3) is 4.56. The minimum Gasteiger partial charge on any atom is -0.420 e. The molecule has 1 atom stereocenters. The summed E-state index contributed by atoms with van der Waals surface area (Å²) < 4.78 is 5.61. The van der Waals surface area contributed by atoms with Gasteiger partial charge in [0.05, 0.1) is 9.75 Å². The molecule has 0 bridgehead atoms. The number of nitrogens with zero attached hydrogens (tertiary/aromatic N) is 3. The molecule has 0 radical (unpaired) electrons. The van der Waals surface area contributed by atoms with Gasteiger partial charge >= 0.3 is 0 Å². The first-order chi connectivity index (χ1) is 12.6. The molecular weight excluding hydrogens is 352 g/mol. The molecule has 0 aliphatic carbocycles. The Morgan fingerprint density at radius 3 is 2.96 bits per heavy atom. The maximum atomic E-state index is 12.1. The van der Waals surface area contributed by atoms with Crippen LogP contribution in [-0.2, 0) is 11.2 Å². The molecule has 26 heavy (non-hydrogen) atoms. The number of ketones is 1. The molecule has 1 amide bonds. The average molecular weight is 376 g/mol. The van der Waals surface area contributed by atoms with E-state index >= 15 is 0 Å². The molecule has 0 spiro atoms. The highest BCUT2D eigenvalue weighted by atomic mass is 32.1. The number of hydrogen-bond acceptors (Lipinski definition) is 7. The van der Waals surface area contributed by atoms with Crippen LogP contribution in [0.5, 0.6) is 0 Å². The van der Waals surface area contributed by atoms with E-state index in [4.69, 9.17) is 4.42 Å². The van der Waals surface area contributed by atoms with Gasteiger partial charge in [0.25, 0.3) is 5.89 Å². The molecule has 2 aromatic rings. The van der Waals surface area contributed by atoms with Gasteiger partial charge in [0.15, 0.2) is 5.78 Å². The Labute approximate surface area is 156 Å². The minimum atomic E-state index is 0.00249. The molecule has 0 aromatic carbocycles. The average Bonchev–Trinajstić information content (AvgIpc) is 3.37. The molecule has 0 saturated carbocycles. The largest absolute Gasteiger partial charge is 0.420 e. The van der Waals surface area contributed by atoms with Gasteiger partial charge < -0.3 is 9.73 Å². The van der Waals surface area contributed by atoms with Crippen LogP contribution in [0.3, 0.4) is 0 Å². The summed E-state index contributed by atoms with van der Waals surface area (Å²) in [5.74, 6) is 0.843. The van der Waals surface area contributed by atoms with E-state index in [2.05, 4.69) is 27.3 Å². The Kier molecular flexibility index (Phi) is 6.16. The molecule has 1 fully saturated rings. The molecule has 1 unspecified atom stereocenters. The summed E-state index contributed by atoms with van der Waals surface area (Å²) in [5.41, 5.74) is 0. The molecule has 140 valence electrons. The van der Waals surface area contributed by atoms with Gasteiger partial charge in [-0.1, -0.05) is 6.92 Å². The van der Waals surface area contributed by atoms with Crippen LogP contribution in [0.4, 0.5) is 0 Å². The van der Waals surface area contributed by atoms with Gasteiger partial charge in [0, 0.05) is 25.4 Å². The molecule has 3 heterocycles. The number of thiophene rings is 1. The molecule has 1 aliphatic rings. The highest BCUT2D eigenvalue weighted by molar-refractivity contribution is 7.17. The van der Waals surface area contributed by atoms with Crippen LogP contribution < -0.4 is 5.32 Å². The van der Waals surface area contributed by atoms with Crippen molar-refractivity contribution in [3.8, 4) is 10.8 Å². The zero-order chi connectivity index (χ0) is 18.5. The van der Waals surface area contributed by atoms with Crippen LogP contribution in [0, 0.1) is 0 Å². The van der Waals surface area contributed by atoms with Crippen LogP contribution >= 0.6 is 11.3 Å². The first-order valence-electron chi connectivity index (χ1n) is 9.01. The van der Waals surface area contributed by atoms with E-state index in [1.807, 2.05) is 0 Å². The van der Waals surface area contributed by atoms with E-state index in [0.29, 0.717) is 42.1 Å². The third-order valence-electron chi connectivity index (χ3n) is 4.64. The third-order valence-corrected chi connectivity index (χ3v) is 5.81. The van der Waals surface area contributed by atoms with Crippen LogP contribution in [-0.4, -0.2) is 52.5 Å². The molecule has 2 aromatic heterocycles. The van der Waals surface area contributed by atoms with Gasteiger partial charge in [-0.3, -0.25) is 14.5 Å². The number of nitrogens with one attached hydrogen (secondary N) is 1. The number of likely N-dealkylation sites (N-methyl/N-ethyl adjacent to an activating group) is 1. The molecular formula is C18H24N4O3S. The molecule has 8 heteroatoms. The number of carbonyl (C=O) groups excluding carboxylic acids is 2. The smallest absolute Gasteiger partial charge is 0.257 e. The summed E-state index contributed by atoms with van der Waals surface area (Å²) in [6.07, 6.45) is 3.08. The van der Waals surface area contributed by atoms with Gasteiger partial charge in [0.1, 0.15) is 0 Å². The van der Waals surface area contributed by atoms with Crippen molar-refractivity contribution in [2.24, 2.45) is 0 Å². The van der Waals surface area contributed by atoms with Crippen LogP contribution in [0.15, 0.2) is 16.5 Å². The summed E-state index contributed by atoms with van der Waals surface area (Å²) >= 11 is 1.33. The number of Topliss-reactive ketones (excluding diaryl/α,β-unsaturated/α-hetero) is 1. The standard InChI is InChI=1S/C18H24N4O3S/c1-3-22-10-4-5-13(22)11-19-16(24)8-9-17-20-21-18(25-17)15-7-6-14(26-15)12(2)23/h6-7,13H,3-5,8-11H2,1-2H3,(H,19,24). The lowest BCUT2D eigenvalue weighted by Gasteiger charge is -2.22. The lowest BCUT2D eigenvalue weighted by molar-refractivity contribution is -0.121. The zero-order valence-corrected chi connectivity index (χ0v) is 16.0. The number of likely N-dealkylation sites (tertiary alicyclic amines) is 1. The van der Waals surface area contributed by atoms with Gasteiger partial charge in [-0.2, -0.15) is 0 Å². The lowest BCUT2D eigenvalue weighted by atomic mass is 10.2. The van der Waals surface area contributed by atoms with Crippen LogP contribution in [0.25, 0.3) is 10.8 Å². The second-order valence-electron chi connectivity index (χ2n) is 6.45. The monoisotopic (exact) mass is 376 g/mol. The highest BCUT2D eigenvalue weighted by Crippen LogP contribution is 2.27. The first-order valence-corrected chi connectivity index (χ1v) is 9.82. The van der Waals surface area contributed by atoms with E-state index in [0.717, 1.165) is 24.4 Å². The normalized spacial score (nSPS) is 17.5. The second kappa shape index (κ2) is 8.55. The number of amides is 1. The van der Waals surface area contributed by atoms with Crippen molar-refractivity contribution in [2.75, 3.05) is 19.6 Å². The Bertz CT molecular complexity index is 770. The topological polar surface area (TPSA) is 88.3 Å². The fourth-order valence-corrected chi connectivity index (χ4v) is 4.00.